The van der Waals surface area contributed by atoms with Crippen LogP contribution in [0.15, 0.2) is 59.5 Å². The van der Waals surface area contributed by atoms with Gasteiger partial charge in [0.1, 0.15) is 5.82 Å². The molecule has 1 aliphatic heterocycles. The third kappa shape index (κ3) is 6.86. The zero-order chi connectivity index (χ0) is 23.0. The molecule has 0 radical (unpaired) electrons. The van der Waals surface area contributed by atoms with E-state index < -0.39 is 27.8 Å². The van der Waals surface area contributed by atoms with Gasteiger partial charge in [0.05, 0.1) is 11.3 Å². The summed E-state index contributed by atoms with van der Waals surface area (Å²) in [5.41, 5.74) is 0.939. The molecule has 2 N–H and O–H groups in total. The Bertz CT molecular complexity index is 1010. The van der Waals surface area contributed by atoms with Gasteiger partial charge in [-0.3, -0.25) is 4.79 Å². The van der Waals surface area contributed by atoms with Crippen molar-refractivity contribution in [2.24, 2.45) is 0 Å². The van der Waals surface area contributed by atoms with Crippen molar-refractivity contribution in [2.75, 3.05) is 26.2 Å². The van der Waals surface area contributed by atoms with Gasteiger partial charge in [-0.1, -0.05) is 30.3 Å². The van der Waals surface area contributed by atoms with Crippen LogP contribution in [-0.2, 0) is 30.8 Å². The Morgan fingerprint density at radius 2 is 1.35 bits per heavy atom. The lowest BCUT2D eigenvalue weighted by atomic mass is 10.1. The summed E-state index contributed by atoms with van der Waals surface area (Å²) < 4.78 is 39.5. The molecule has 1 heterocycles. The van der Waals surface area contributed by atoms with Crippen LogP contribution in [0, 0.1) is 5.82 Å². The number of benzene rings is 2. The minimum absolute atomic E-state index is 0.00923. The Kier molecular flexibility index (Phi) is 8.22. The van der Waals surface area contributed by atoms with Crippen LogP contribution in [0.2, 0.25) is 0 Å². The highest BCUT2D eigenvalue weighted by atomic mass is 32.2. The maximum atomic E-state index is 13.0. The normalized spacial score (nSPS) is 14.3. The molecule has 0 atom stereocenters. The molecule has 2 aromatic rings. The van der Waals surface area contributed by atoms with Gasteiger partial charge in [-0.15, -0.1) is 0 Å². The predicted octanol–water partition coefficient (Wildman–Crippen LogP) is 1.06. The van der Waals surface area contributed by atoms with E-state index in [4.69, 9.17) is 19.8 Å². The highest BCUT2D eigenvalue weighted by Gasteiger charge is 2.30. The summed E-state index contributed by atoms with van der Waals surface area (Å²) in [7, 11) is -3.66. The van der Waals surface area contributed by atoms with E-state index in [0.29, 0.717) is 19.5 Å². The summed E-state index contributed by atoms with van der Waals surface area (Å²) >= 11 is 0. The van der Waals surface area contributed by atoms with Crippen molar-refractivity contribution in [1.82, 2.24) is 9.21 Å². The molecule has 0 spiro atoms. The van der Waals surface area contributed by atoms with E-state index in [1.165, 1.54) is 16.4 Å². The summed E-state index contributed by atoms with van der Waals surface area (Å²) in [6.07, 6.45) is 0.311. The number of carboxylic acid groups (broad SMARTS) is 2. The second kappa shape index (κ2) is 10.6. The Balaban J connectivity index is 0.000000501. The van der Waals surface area contributed by atoms with Crippen molar-refractivity contribution in [3.05, 3.63) is 66.0 Å². The Morgan fingerprint density at radius 3 is 1.84 bits per heavy atom. The number of hydrogen-bond donors (Lipinski definition) is 2. The SMILES string of the molecule is O=C(Cc1ccccc1)N1CCN(S(=O)(=O)c2ccc(F)cc2)CC1.O=C(O)C(=O)O. The van der Waals surface area contributed by atoms with Gasteiger partial charge >= 0.3 is 11.9 Å². The molecule has 0 aliphatic carbocycles. The van der Waals surface area contributed by atoms with Crippen molar-refractivity contribution in [1.29, 1.82) is 0 Å². The summed E-state index contributed by atoms with van der Waals surface area (Å²) in [5, 5.41) is 14.8. The van der Waals surface area contributed by atoms with Gasteiger partial charge in [-0.25, -0.2) is 22.4 Å². The molecule has 9 nitrogen and oxygen atoms in total. The predicted molar refractivity (Wildman–Crippen MR) is 107 cm³/mol. The molecule has 0 unspecified atom stereocenters. The lowest BCUT2D eigenvalue weighted by Gasteiger charge is -2.34. The minimum Gasteiger partial charge on any atom is -0.473 e. The molecular formula is C20H21FN2O7S. The van der Waals surface area contributed by atoms with Gasteiger partial charge in [-0.05, 0) is 29.8 Å². The van der Waals surface area contributed by atoms with Crippen LogP contribution < -0.4 is 0 Å². The molecule has 1 amide bonds. The van der Waals surface area contributed by atoms with E-state index in [2.05, 4.69) is 0 Å². The molecule has 0 saturated carbocycles. The maximum absolute atomic E-state index is 13.0. The van der Waals surface area contributed by atoms with E-state index in [1.54, 1.807) is 4.90 Å². The van der Waals surface area contributed by atoms with Crippen molar-refractivity contribution in [2.45, 2.75) is 11.3 Å². The lowest BCUT2D eigenvalue weighted by Crippen LogP contribution is -2.50. The van der Waals surface area contributed by atoms with E-state index >= 15 is 0 Å². The zero-order valence-corrected chi connectivity index (χ0v) is 17.2. The first-order valence-corrected chi connectivity index (χ1v) is 10.6. The fraction of sp³-hybridized carbons (Fsp3) is 0.250. The Morgan fingerprint density at radius 1 is 0.839 bits per heavy atom. The summed E-state index contributed by atoms with van der Waals surface area (Å²) in [4.78, 5) is 32.3. The molecule has 1 fully saturated rings. The van der Waals surface area contributed by atoms with E-state index in [9.17, 15) is 17.6 Å². The third-order valence-corrected chi connectivity index (χ3v) is 6.34. The molecule has 3 rings (SSSR count). The standard InChI is InChI=1S/C18H19FN2O3S.C2H2O4/c19-16-6-8-17(9-7-16)25(23,24)21-12-10-20(11-13-21)18(22)14-15-4-2-1-3-5-15;3-1(4)2(5)6/h1-9H,10-14H2;(H,3,4)(H,5,6). The average molecular weight is 452 g/mol. The van der Waals surface area contributed by atoms with Crippen LogP contribution in [0.25, 0.3) is 0 Å². The molecule has 2 aromatic carbocycles. The van der Waals surface area contributed by atoms with E-state index in [0.717, 1.165) is 17.7 Å². The van der Waals surface area contributed by atoms with Gasteiger partial charge in [-0.2, -0.15) is 4.31 Å². The van der Waals surface area contributed by atoms with Crippen LogP contribution in [0.4, 0.5) is 4.39 Å². The van der Waals surface area contributed by atoms with Gasteiger partial charge in [0.25, 0.3) is 0 Å². The average Bonchev–Trinajstić information content (AvgIpc) is 2.75. The second-order valence-electron chi connectivity index (χ2n) is 6.51. The van der Waals surface area contributed by atoms with Crippen molar-refractivity contribution in [3.8, 4) is 0 Å². The van der Waals surface area contributed by atoms with Crippen LogP contribution in [0.1, 0.15) is 5.56 Å². The van der Waals surface area contributed by atoms with Crippen molar-refractivity contribution < 1.29 is 37.4 Å². The summed E-state index contributed by atoms with van der Waals surface area (Å²) in [6, 6.07) is 14.2. The van der Waals surface area contributed by atoms with Gasteiger partial charge in [0.15, 0.2) is 0 Å². The quantitative estimate of drug-likeness (QED) is 0.663. The number of aliphatic carboxylic acids is 2. The fourth-order valence-corrected chi connectivity index (χ4v) is 4.24. The number of hydrogen-bond acceptors (Lipinski definition) is 5. The molecule has 31 heavy (non-hydrogen) atoms. The maximum Gasteiger partial charge on any atom is 0.414 e. The van der Waals surface area contributed by atoms with E-state index in [-0.39, 0.29) is 23.9 Å². The molecule has 1 saturated heterocycles. The Labute approximate surface area is 178 Å². The number of carboxylic acids is 2. The van der Waals surface area contributed by atoms with Crippen LogP contribution >= 0.6 is 0 Å². The number of rotatable bonds is 4. The molecule has 1 aliphatic rings. The summed E-state index contributed by atoms with van der Waals surface area (Å²) in [5.74, 6) is -4.13. The first-order valence-electron chi connectivity index (χ1n) is 9.15. The van der Waals surface area contributed by atoms with Crippen LogP contribution in [0.5, 0.6) is 0 Å². The number of nitrogens with zero attached hydrogens (tertiary/aromatic N) is 2. The second-order valence-corrected chi connectivity index (χ2v) is 8.45. The van der Waals surface area contributed by atoms with Crippen molar-refractivity contribution in [3.63, 3.8) is 0 Å². The molecule has 11 heteroatoms. The number of piperazine rings is 1. The van der Waals surface area contributed by atoms with Gasteiger partial charge in [0, 0.05) is 26.2 Å². The number of halogens is 1. The topological polar surface area (TPSA) is 132 Å². The first kappa shape index (κ1) is 24.0. The van der Waals surface area contributed by atoms with Crippen molar-refractivity contribution >= 4 is 27.9 Å². The Hall–Kier alpha value is -3.31. The fourth-order valence-electron chi connectivity index (χ4n) is 2.82. The number of carbonyl (C=O) groups is 3. The minimum atomic E-state index is -3.66. The van der Waals surface area contributed by atoms with E-state index in [1.807, 2.05) is 30.3 Å². The summed E-state index contributed by atoms with van der Waals surface area (Å²) in [6.45, 7) is 1.18. The largest absolute Gasteiger partial charge is 0.473 e. The molecule has 0 aromatic heterocycles. The smallest absolute Gasteiger partial charge is 0.414 e. The molecule has 0 bridgehead atoms. The highest BCUT2D eigenvalue weighted by Crippen LogP contribution is 2.18. The monoisotopic (exact) mass is 452 g/mol. The highest BCUT2D eigenvalue weighted by molar-refractivity contribution is 7.89. The third-order valence-electron chi connectivity index (χ3n) is 4.42. The number of sulfonamides is 1. The van der Waals surface area contributed by atoms with Gasteiger partial charge in [0.2, 0.25) is 15.9 Å². The van der Waals surface area contributed by atoms with Crippen LogP contribution in [0.3, 0.4) is 0 Å². The number of carbonyl (C=O) groups excluding carboxylic acids is 1. The number of amides is 1. The zero-order valence-electron chi connectivity index (χ0n) is 16.3. The molecule has 166 valence electrons. The lowest BCUT2D eigenvalue weighted by molar-refractivity contribution is -0.159. The molecular weight excluding hydrogens is 431 g/mol. The first-order chi connectivity index (χ1) is 14.6. The van der Waals surface area contributed by atoms with Gasteiger partial charge < -0.3 is 15.1 Å². The van der Waals surface area contributed by atoms with Crippen LogP contribution in [-0.4, -0.2) is 71.9 Å².